The van der Waals surface area contributed by atoms with Crippen molar-refractivity contribution in [1.82, 2.24) is 9.97 Å². The Morgan fingerprint density at radius 1 is 1.24 bits per heavy atom. The van der Waals surface area contributed by atoms with Crippen LogP contribution in [0.2, 0.25) is 5.02 Å². The van der Waals surface area contributed by atoms with E-state index in [2.05, 4.69) is 46.9 Å². The van der Waals surface area contributed by atoms with Gasteiger partial charge in [0.15, 0.2) is 5.82 Å². The number of hydrogen-bond acceptors (Lipinski definition) is 4. The van der Waals surface area contributed by atoms with Gasteiger partial charge in [0.05, 0.1) is 6.04 Å². The zero-order valence-electron chi connectivity index (χ0n) is 12.3. The van der Waals surface area contributed by atoms with Crippen LogP contribution >= 0.6 is 11.6 Å². The lowest BCUT2D eigenvalue weighted by atomic mass is 9.99. The first-order chi connectivity index (χ1) is 10.1. The molecule has 1 aromatic heterocycles. The van der Waals surface area contributed by atoms with E-state index in [1.807, 2.05) is 0 Å². The second-order valence-electron chi connectivity index (χ2n) is 5.59. The van der Waals surface area contributed by atoms with E-state index in [0.717, 1.165) is 25.2 Å². The fourth-order valence-electron chi connectivity index (χ4n) is 2.91. The Labute approximate surface area is 130 Å². The molecule has 5 heteroatoms. The molecule has 1 saturated heterocycles. The Kier molecular flexibility index (Phi) is 3.72. The maximum atomic E-state index is 6.29. The molecule has 0 amide bonds. The van der Waals surface area contributed by atoms with Crippen LogP contribution in [0.5, 0.6) is 0 Å². The largest absolute Gasteiger partial charge is 0.382 e. The van der Waals surface area contributed by atoms with Crippen LogP contribution in [-0.4, -0.2) is 16.5 Å². The number of hydrogen-bond donors (Lipinski definition) is 1. The molecule has 0 spiro atoms. The molecule has 2 N–H and O–H groups in total. The van der Waals surface area contributed by atoms with Crippen molar-refractivity contribution in [2.24, 2.45) is 0 Å². The molecule has 3 rings (SSSR count). The summed E-state index contributed by atoms with van der Waals surface area (Å²) in [5, 5.41) is 0.452. The summed E-state index contributed by atoms with van der Waals surface area (Å²) in [4.78, 5) is 10.5. The molecule has 1 aliphatic heterocycles. The normalized spacial score (nSPS) is 18.2. The standard InChI is InChI=1S/C16H19ClN4/c1-10-5-6-12(8-11(10)2)13-4-3-7-21(13)16-14(17)15(18)19-9-20-16/h5-6,8-9,13H,3-4,7H2,1-2H3,(H2,18,19,20). The number of aryl methyl sites for hydroxylation is 2. The number of halogens is 1. The lowest BCUT2D eigenvalue weighted by Crippen LogP contribution is -2.24. The van der Waals surface area contributed by atoms with Gasteiger partial charge in [0, 0.05) is 6.54 Å². The zero-order valence-corrected chi connectivity index (χ0v) is 13.1. The lowest BCUT2D eigenvalue weighted by molar-refractivity contribution is 0.710. The van der Waals surface area contributed by atoms with Gasteiger partial charge in [-0.05, 0) is 43.4 Å². The fraction of sp³-hybridized carbons (Fsp3) is 0.375. The zero-order chi connectivity index (χ0) is 15.0. The van der Waals surface area contributed by atoms with Gasteiger partial charge >= 0.3 is 0 Å². The molecule has 110 valence electrons. The number of aromatic nitrogens is 2. The van der Waals surface area contributed by atoms with Gasteiger partial charge in [-0.15, -0.1) is 0 Å². The Bertz CT molecular complexity index is 671. The molecule has 1 aromatic carbocycles. The van der Waals surface area contributed by atoms with Gasteiger partial charge < -0.3 is 10.6 Å². The minimum absolute atomic E-state index is 0.302. The van der Waals surface area contributed by atoms with Crippen LogP contribution in [0.4, 0.5) is 11.6 Å². The average Bonchev–Trinajstić information content (AvgIpc) is 2.94. The molecule has 0 aliphatic carbocycles. The maximum absolute atomic E-state index is 6.29. The third-order valence-corrected chi connectivity index (χ3v) is 4.60. The number of benzene rings is 1. The summed E-state index contributed by atoms with van der Waals surface area (Å²) < 4.78 is 0. The van der Waals surface area contributed by atoms with Gasteiger partial charge in [-0.1, -0.05) is 29.8 Å². The van der Waals surface area contributed by atoms with Crippen molar-refractivity contribution in [2.75, 3.05) is 17.2 Å². The van der Waals surface area contributed by atoms with Crippen LogP contribution in [0.15, 0.2) is 24.5 Å². The Hall–Kier alpha value is -1.81. The summed E-state index contributed by atoms with van der Waals surface area (Å²) in [7, 11) is 0. The Morgan fingerprint density at radius 3 is 2.81 bits per heavy atom. The van der Waals surface area contributed by atoms with Crippen molar-refractivity contribution in [3.05, 3.63) is 46.2 Å². The smallest absolute Gasteiger partial charge is 0.153 e. The van der Waals surface area contributed by atoms with Crippen LogP contribution in [0, 0.1) is 13.8 Å². The van der Waals surface area contributed by atoms with E-state index in [1.54, 1.807) is 0 Å². The van der Waals surface area contributed by atoms with Gasteiger partial charge in [0.2, 0.25) is 0 Å². The molecule has 1 aliphatic rings. The molecule has 4 nitrogen and oxygen atoms in total. The topological polar surface area (TPSA) is 55.0 Å². The van der Waals surface area contributed by atoms with E-state index in [-0.39, 0.29) is 0 Å². The van der Waals surface area contributed by atoms with Crippen LogP contribution in [-0.2, 0) is 0 Å². The molecule has 2 aromatic rings. The van der Waals surface area contributed by atoms with Crippen molar-refractivity contribution in [3.8, 4) is 0 Å². The van der Waals surface area contributed by atoms with Crippen molar-refractivity contribution >= 4 is 23.2 Å². The first-order valence-electron chi connectivity index (χ1n) is 7.17. The fourth-order valence-corrected chi connectivity index (χ4v) is 3.12. The van der Waals surface area contributed by atoms with Gasteiger partial charge in [-0.3, -0.25) is 0 Å². The van der Waals surface area contributed by atoms with Crippen molar-refractivity contribution < 1.29 is 0 Å². The quantitative estimate of drug-likeness (QED) is 0.919. The van der Waals surface area contributed by atoms with Crippen LogP contribution < -0.4 is 10.6 Å². The third kappa shape index (κ3) is 2.56. The number of nitrogens with zero attached hydrogens (tertiary/aromatic N) is 3. The second kappa shape index (κ2) is 5.53. The molecule has 21 heavy (non-hydrogen) atoms. The second-order valence-corrected chi connectivity index (χ2v) is 5.97. The van der Waals surface area contributed by atoms with E-state index in [9.17, 15) is 0 Å². The summed E-state index contributed by atoms with van der Waals surface area (Å²) >= 11 is 6.29. The average molecular weight is 303 g/mol. The van der Waals surface area contributed by atoms with E-state index < -0.39 is 0 Å². The molecule has 0 bridgehead atoms. The van der Waals surface area contributed by atoms with Gasteiger partial charge in [0.1, 0.15) is 17.2 Å². The molecule has 0 radical (unpaired) electrons. The minimum Gasteiger partial charge on any atom is -0.382 e. The van der Waals surface area contributed by atoms with Crippen molar-refractivity contribution in [1.29, 1.82) is 0 Å². The van der Waals surface area contributed by atoms with Crippen molar-refractivity contribution in [3.63, 3.8) is 0 Å². The molecule has 1 atom stereocenters. The lowest BCUT2D eigenvalue weighted by Gasteiger charge is -2.27. The summed E-state index contributed by atoms with van der Waals surface area (Å²) in [6, 6.07) is 6.94. The molecule has 1 fully saturated rings. The third-order valence-electron chi connectivity index (χ3n) is 4.24. The highest BCUT2D eigenvalue weighted by molar-refractivity contribution is 6.35. The summed E-state index contributed by atoms with van der Waals surface area (Å²) in [6.45, 7) is 5.22. The predicted molar refractivity (Wildman–Crippen MR) is 86.7 cm³/mol. The number of anilines is 2. The summed E-state index contributed by atoms with van der Waals surface area (Å²) in [6.07, 6.45) is 3.70. The van der Waals surface area contributed by atoms with E-state index in [4.69, 9.17) is 17.3 Å². The minimum atomic E-state index is 0.302. The molecule has 1 unspecified atom stereocenters. The summed E-state index contributed by atoms with van der Waals surface area (Å²) in [5.74, 6) is 1.08. The highest BCUT2D eigenvalue weighted by atomic mass is 35.5. The van der Waals surface area contributed by atoms with E-state index >= 15 is 0 Å². The van der Waals surface area contributed by atoms with Crippen LogP contribution in [0.25, 0.3) is 0 Å². The van der Waals surface area contributed by atoms with Crippen LogP contribution in [0.1, 0.15) is 35.6 Å². The highest BCUT2D eigenvalue weighted by Crippen LogP contribution is 2.39. The molecular formula is C16H19ClN4. The SMILES string of the molecule is Cc1ccc(C2CCCN2c2ncnc(N)c2Cl)cc1C. The molecule has 2 heterocycles. The Balaban J connectivity index is 1.99. The van der Waals surface area contributed by atoms with Crippen molar-refractivity contribution in [2.45, 2.75) is 32.7 Å². The first-order valence-corrected chi connectivity index (χ1v) is 7.55. The van der Waals surface area contributed by atoms with E-state index in [0.29, 0.717) is 16.9 Å². The first kappa shape index (κ1) is 14.1. The van der Waals surface area contributed by atoms with Gasteiger partial charge in [-0.25, -0.2) is 9.97 Å². The van der Waals surface area contributed by atoms with E-state index in [1.165, 1.54) is 23.0 Å². The number of nitrogens with two attached hydrogens (primary N) is 1. The van der Waals surface area contributed by atoms with Gasteiger partial charge in [-0.2, -0.15) is 0 Å². The molecular weight excluding hydrogens is 284 g/mol. The summed E-state index contributed by atoms with van der Waals surface area (Å²) in [5.41, 5.74) is 9.74. The van der Waals surface area contributed by atoms with Crippen LogP contribution in [0.3, 0.4) is 0 Å². The molecule has 0 saturated carbocycles. The number of nitrogen functional groups attached to an aromatic ring is 1. The highest BCUT2D eigenvalue weighted by Gasteiger charge is 2.29. The number of rotatable bonds is 2. The maximum Gasteiger partial charge on any atom is 0.153 e. The Morgan fingerprint density at radius 2 is 2.05 bits per heavy atom. The monoisotopic (exact) mass is 302 g/mol. The van der Waals surface area contributed by atoms with Gasteiger partial charge in [0.25, 0.3) is 0 Å². The predicted octanol–water partition coefficient (Wildman–Crippen LogP) is 3.67.